The Morgan fingerprint density at radius 1 is 1.55 bits per heavy atom. The summed E-state index contributed by atoms with van der Waals surface area (Å²) in [5.41, 5.74) is 0. The number of carbonyl (C=O) groups excluding carboxylic acids is 1. The zero-order valence-corrected chi connectivity index (χ0v) is 5.77. The summed E-state index contributed by atoms with van der Waals surface area (Å²) in [5.74, 6) is 0. The van der Waals surface area contributed by atoms with Crippen molar-refractivity contribution in [3.05, 3.63) is 0 Å². The van der Waals surface area contributed by atoms with Crippen molar-refractivity contribution < 1.29 is 20.1 Å². The second kappa shape index (κ2) is 3.04. The number of β-amino-alcohol motifs (C(OH)–C–C–N with tert-alkyl or cyclic N) is 1. The second-order valence-electron chi connectivity index (χ2n) is 2.22. The van der Waals surface area contributed by atoms with Crippen molar-refractivity contribution in [1.82, 2.24) is 10.2 Å². The maximum absolute atomic E-state index is 10.8. The lowest BCUT2D eigenvalue weighted by Gasteiger charge is -2.17. The van der Waals surface area contributed by atoms with E-state index in [1.807, 2.05) is 0 Å². The van der Waals surface area contributed by atoms with Crippen LogP contribution in [-0.2, 0) is 0 Å². The van der Waals surface area contributed by atoms with Gasteiger partial charge in [0.05, 0.1) is 6.61 Å². The van der Waals surface area contributed by atoms with Gasteiger partial charge < -0.3 is 20.6 Å². The number of hydrogen-bond donors (Lipinski definition) is 4. The summed E-state index contributed by atoms with van der Waals surface area (Å²) >= 11 is 0. The molecule has 0 radical (unpaired) electrons. The molecule has 6 heteroatoms. The van der Waals surface area contributed by atoms with Crippen LogP contribution in [0.2, 0.25) is 0 Å². The fourth-order valence-electron chi connectivity index (χ4n) is 0.916. The number of amides is 2. The highest BCUT2D eigenvalue weighted by atomic mass is 16.4. The standard InChI is InChI=1S/C5H10N2O4/c8-2-1-7-4(10)3(9)6-5(7)11/h3-4,8-10H,1-2H2,(H,6,11). The van der Waals surface area contributed by atoms with Crippen LogP contribution in [0, 0.1) is 0 Å². The number of aliphatic hydroxyl groups is 3. The number of carbonyl (C=O) groups is 1. The molecule has 0 aromatic carbocycles. The molecule has 0 aliphatic carbocycles. The number of rotatable bonds is 2. The molecule has 1 heterocycles. The van der Waals surface area contributed by atoms with Crippen molar-refractivity contribution in [2.24, 2.45) is 0 Å². The van der Waals surface area contributed by atoms with E-state index in [2.05, 4.69) is 5.32 Å². The van der Waals surface area contributed by atoms with E-state index in [1.54, 1.807) is 0 Å². The Hall–Kier alpha value is -0.850. The zero-order valence-electron chi connectivity index (χ0n) is 5.77. The van der Waals surface area contributed by atoms with Gasteiger partial charge in [-0.05, 0) is 0 Å². The maximum Gasteiger partial charge on any atom is 0.321 e. The average Bonchev–Trinajstić information content (AvgIpc) is 2.17. The van der Waals surface area contributed by atoms with E-state index in [9.17, 15) is 4.79 Å². The molecule has 1 rings (SSSR count). The predicted octanol–water partition coefficient (Wildman–Crippen LogP) is -2.36. The van der Waals surface area contributed by atoms with Crippen molar-refractivity contribution in [3.63, 3.8) is 0 Å². The lowest BCUT2D eigenvalue weighted by Crippen LogP contribution is -2.38. The van der Waals surface area contributed by atoms with E-state index in [-0.39, 0.29) is 13.2 Å². The van der Waals surface area contributed by atoms with Gasteiger partial charge in [0.1, 0.15) is 0 Å². The summed E-state index contributed by atoms with van der Waals surface area (Å²) in [5, 5.41) is 28.4. The summed E-state index contributed by atoms with van der Waals surface area (Å²) in [4.78, 5) is 11.7. The summed E-state index contributed by atoms with van der Waals surface area (Å²) in [6, 6.07) is -0.570. The van der Waals surface area contributed by atoms with E-state index in [1.165, 1.54) is 0 Å². The highest BCUT2D eigenvalue weighted by Crippen LogP contribution is 2.07. The highest BCUT2D eigenvalue weighted by Gasteiger charge is 2.35. The quantitative estimate of drug-likeness (QED) is 0.365. The number of urea groups is 1. The molecule has 6 nitrogen and oxygen atoms in total. The topological polar surface area (TPSA) is 93.0 Å². The van der Waals surface area contributed by atoms with Gasteiger partial charge in [0.2, 0.25) is 0 Å². The molecule has 1 aliphatic rings. The van der Waals surface area contributed by atoms with Crippen LogP contribution in [0.25, 0.3) is 0 Å². The number of aliphatic hydroxyl groups excluding tert-OH is 3. The molecule has 1 fully saturated rings. The average molecular weight is 162 g/mol. The van der Waals surface area contributed by atoms with Gasteiger partial charge in [-0.2, -0.15) is 0 Å². The predicted molar refractivity (Wildman–Crippen MR) is 34.3 cm³/mol. The maximum atomic E-state index is 10.8. The number of nitrogens with zero attached hydrogens (tertiary/aromatic N) is 1. The first-order valence-electron chi connectivity index (χ1n) is 3.21. The lowest BCUT2D eigenvalue weighted by atomic mass is 10.5. The smallest absolute Gasteiger partial charge is 0.321 e. The fraction of sp³-hybridized carbons (Fsp3) is 0.800. The zero-order chi connectivity index (χ0) is 8.43. The van der Waals surface area contributed by atoms with Gasteiger partial charge in [-0.15, -0.1) is 0 Å². The van der Waals surface area contributed by atoms with Crippen LogP contribution in [0.15, 0.2) is 0 Å². The Morgan fingerprint density at radius 2 is 2.18 bits per heavy atom. The molecule has 11 heavy (non-hydrogen) atoms. The molecule has 0 aromatic rings. The monoisotopic (exact) mass is 162 g/mol. The molecule has 64 valence electrons. The minimum Gasteiger partial charge on any atom is -0.395 e. The van der Waals surface area contributed by atoms with Gasteiger partial charge in [0, 0.05) is 6.54 Å². The van der Waals surface area contributed by atoms with Gasteiger partial charge in [0.15, 0.2) is 12.5 Å². The fourth-order valence-corrected chi connectivity index (χ4v) is 0.916. The first kappa shape index (κ1) is 8.25. The number of hydrogen-bond acceptors (Lipinski definition) is 4. The molecule has 2 atom stereocenters. The molecule has 2 amide bonds. The van der Waals surface area contributed by atoms with Crippen LogP contribution < -0.4 is 5.32 Å². The Morgan fingerprint density at radius 3 is 2.55 bits per heavy atom. The second-order valence-corrected chi connectivity index (χ2v) is 2.22. The molecule has 4 N–H and O–H groups in total. The molecule has 2 unspecified atom stereocenters. The molecular formula is C5H10N2O4. The van der Waals surface area contributed by atoms with Crippen LogP contribution in [0.3, 0.4) is 0 Å². The van der Waals surface area contributed by atoms with E-state index in [0.29, 0.717) is 0 Å². The Balaban J connectivity index is 2.56. The molecule has 1 saturated heterocycles. The Bertz CT molecular complexity index is 163. The van der Waals surface area contributed by atoms with Gasteiger partial charge in [-0.3, -0.25) is 4.90 Å². The third kappa shape index (κ3) is 1.42. The third-order valence-electron chi connectivity index (χ3n) is 1.47. The summed E-state index contributed by atoms with van der Waals surface area (Å²) in [6.07, 6.45) is -2.51. The minimum atomic E-state index is -1.26. The third-order valence-corrected chi connectivity index (χ3v) is 1.47. The summed E-state index contributed by atoms with van der Waals surface area (Å²) < 4.78 is 0. The highest BCUT2D eigenvalue weighted by molar-refractivity contribution is 5.76. The van der Waals surface area contributed by atoms with Crippen molar-refractivity contribution in [1.29, 1.82) is 0 Å². The Kier molecular flexibility index (Phi) is 2.28. The van der Waals surface area contributed by atoms with E-state index < -0.39 is 18.5 Å². The Labute approximate surface area is 63.0 Å². The first-order valence-corrected chi connectivity index (χ1v) is 3.21. The van der Waals surface area contributed by atoms with Crippen molar-refractivity contribution >= 4 is 6.03 Å². The SMILES string of the molecule is O=C1NC(O)C(O)N1CCO. The largest absolute Gasteiger partial charge is 0.395 e. The van der Waals surface area contributed by atoms with Gasteiger partial charge in [0.25, 0.3) is 0 Å². The van der Waals surface area contributed by atoms with Crippen LogP contribution in [0.4, 0.5) is 4.79 Å². The van der Waals surface area contributed by atoms with E-state index >= 15 is 0 Å². The molecule has 1 aliphatic heterocycles. The van der Waals surface area contributed by atoms with Crippen molar-refractivity contribution in [2.75, 3.05) is 13.2 Å². The normalized spacial score (nSPS) is 30.8. The van der Waals surface area contributed by atoms with Gasteiger partial charge in [-0.25, -0.2) is 4.79 Å². The molecular weight excluding hydrogens is 152 g/mol. The summed E-state index contributed by atoms with van der Waals surface area (Å²) in [7, 11) is 0. The minimum absolute atomic E-state index is 0.0179. The van der Waals surface area contributed by atoms with Gasteiger partial charge >= 0.3 is 6.03 Å². The molecule has 0 saturated carbocycles. The summed E-state index contributed by atoms with van der Waals surface area (Å²) in [6.45, 7) is -0.221. The van der Waals surface area contributed by atoms with Gasteiger partial charge in [-0.1, -0.05) is 0 Å². The van der Waals surface area contributed by atoms with Crippen LogP contribution in [0.1, 0.15) is 0 Å². The van der Waals surface area contributed by atoms with Crippen molar-refractivity contribution in [3.8, 4) is 0 Å². The van der Waals surface area contributed by atoms with E-state index in [4.69, 9.17) is 15.3 Å². The van der Waals surface area contributed by atoms with Crippen molar-refractivity contribution in [2.45, 2.75) is 12.5 Å². The number of nitrogens with one attached hydrogen (secondary N) is 1. The molecule has 0 bridgehead atoms. The first-order chi connectivity index (χ1) is 5.16. The van der Waals surface area contributed by atoms with E-state index in [0.717, 1.165) is 4.90 Å². The lowest BCUT2D eigenvalue weighted by molar-refractivity contribution is -0.0373. The molecule has 0 spiro atoms. The molecule has 0 aromatic heterocycles. The van der Waals surface area contributed by atoms with Crippen LogP contribution in [-0.4, -0.2) is 51.9 Å². The van der Waals surface area contributed by atoms with Crippen LogP contribution >= 0.6 is 0 Å². The van der Waals surface area contributed by atoms with Crippen LogP contribution in [0.5, 0.6) is 0 Å².